The highest BCUT2D eigenvalue weighted by Crippen LogP contribution is 2.36. The molecule has 10 nitrogen and oxygen atoms in total. The number of amides is 2. The second-order valence-corrected chi connectivity index (χ2v) is 10.0. The molecule has 11 heteroatoms. The highest BCUT2D eigenvalue weighted by molar-refractivity contribution is 7.89. The topological polar surface area (TPSA) is 135 Å². The lowest BCUT2D eigenvalue weighted by Gasteiger charge is -2.41. The van der Waals surface area contributed by atoms with Gasteiger partial charge in [-0.25, -0.2) is 17.9 Å². The number of hydrogen-bond donors (Lipinski definition) is 2. The van der Waals surface area contributed by atoms with Crippen molar-refractivity contribution < 1.29 is 32.0 Å². The normalized spacial score (nSPS) is 14.7. The second-order valence-electron chi connectivity index (χ2n) is 8.26. The molecule has 4 rings (SSSR count). The first-order valence-corrected chi connectivity index (χ1v) is 12.1. The number of hydrogen-bond acceptors (Lipinski definition) is 7. The van der Waals surface area contributed by atoms with Gasteiger partial charge in [0, 0.05) is 0 Å². The van der Waals surface area contributed by atoms with E-state index in [1.807, 2.05) is 0 Å². The molecule has 182 valence electrons. The van der Waals surface area contributed by atoms with Gasteiger partial charge in [-0.3, -0.25) is 14.5 Å². The van der Waals surface area contributed by atoms with Crippen LogP contribution in [0, 0.1) is 0 Å². The van der Waals surface area contributed by atoms with Crippen LogP contribution in [0.25, 0.3) is 0 Å². The number of fused-ring (bicyclic) bond motifs is 1. The Morgan fingerprint density at radius 1 is 1.06 bits per heavy atom. The first kappa shape index (κ1) is 24.2. The minimum atomic E-state index is -3.83. The van der Waals surface area contributed by atoms with Crippen molar-refractivity contribution >= 4 is 39.2 Å². The predicted molar refractivity (Wildman–Crippen MR) is 126 cm³/mol. The van der Waals surface area contributed by atoms with E-state index in [1.165, 1.54) is 35.4 Å². The first-order chi connectivity index (χ1) is 16.6. The summed E-state index contributed by atoms with van der Waals surface area (Å²) < 4.78 is 37.5. The van der Waals surface area contributed by atoms with Crippen molar-refractivity contribution in [3.05, 3.63) is 78.3 Å². The van der Waals surface area contributed by atoms with Gasteiger partial charge < -0.3 is 14.5 Å². The zero-order valence-electron chi connectivity index (χ0n) is 19.0. The van der Waals surface area contributed by atoms with Crippen molar-refractivity contribution in [3.8, 4) is 0 Å². The minimum absolute atomic E-state index is 0.0186. The van der Waals surface area contributed by atoms with Gasteiger partial charge in [0.25, 0.3) is 5.91 Å². The summed E-state index contributed by atoms with van der Waals surface area (Å²) in [5, 5.41) is 2.76. The lowest BCUT2D eigenvalue weighted by atomic mass is 9.96. The third-order valence-corrected chi connectivity index (χ3v) is 6.92. The molecule has 0 bridgehead atoms. The molecule has 2 aromatic carbocycles. The van der Waals surface area contributed by atoms with Crippen LogP contribution < -0.4 is 14.9 Å². The fraction of sp³-hybridized carbons (Fsp3) is 0.208. The number of carbonyl (C=O) groups is 3. The largest absolute Gasteiger partial charge is 0.468 e. The number of ether oxygens (including phenoxy) is 1. The minimum Gasteiger partial charge on any atom is -0.468 e. The first-order valence-electron chi connectivity index (χ1n) is 10.6. The smallest absolute Gasteiger partial charge is 0.338 e. The monoisotopic (exact) mass is 497 g/mol. The van der Waals surface area contributed by atoms with Crippen LogP contribution in [0.15, 0.2) is 76.2 Å². The third kappa shape index (κ3) is 4.96. The summed E-state index contributed by atoms with van der Waals surface area (Å²) in [6.07, 6.45) is 1.44. The van der Waals surface area contributed by atoms with E-state index in [0.29, 0.717) is 17.1 Å². The summed E-state index contributed by atoms with van der Waals surface area (Å²) >= 11 is 0. The molecule has 0 saturated carbocycles. The van der Waals surface area contributed by atoms with Crippen molar-refractivity contribution in [1.82, 2.24) is 4.72 Å². The van der Waals surface area contributed by atoms with E-state index in [9.17, 15) is 22.8 Å². The highest BCUT2D eigenvalue weighted by atomic mass is 32.2. The van der Waals surface area contributed by atoms with E-state index in [2.05, 4.69) is 10.0 Å². The maximum atomic E-state index is 13.0. The van der Waals surface area contributed by atoms with Gasteiger partial charge in [0.2, 0.25) is 15.9 Å². The summed E-state index contributed by atoms with van der Waals surface area (Å²) in [5.41, 5.74) is -0.154. The molecule has 0 atom stereocenters. The van der Waals surface area contributed by atoms with Crippen molar-refractivity contribution in [1.29, 1.82) is 0 Å². The molecule has 0 aliphatic carbocycles. The van der Waals surface area contributed by atoms with Crippen molar-refractivity contribution in [3.63, 3.8) is 0 Å². The Morgan fingerprint density at radius 3 is 2.46 bits per heavy atom. The highest BCUT2D eigenvalue weighted by Gasteiger charge is 2.43. The maximum Gasteiger partial charge on any atom is 0.338 e. The Hall–Kier alpha value is -3.96. The van der Waals surface area contributed by atoms with Crippen LogP contribution in [0.2, 0.25) is 0 Å². The molecular formula is C24H23N3O7S. The third-order valence-electron chi connectivity index (χ3n) is 5.50. The van der Waals surface area contributed by atoms with Crippen LogP contribution in [0.4, 0.5) is 11.4 Å². The Morgan fingerprint density at radius 2 is 1.77 bits per heavy atom. The molecule has 1 aromatic heterocycles. The molecule has 0 radical (unpaired) electrons. The molecule has 2 N–H and O–H groups in total. The molecule has 2 heterocycles. The van der Waals surface area contributed by atoms with Gasteiger partial charge >= 0.3 is 5.97 Å². The number of benzene rings is 2. The summed E-state index contributed by atoms with van der Waals surface area (Å²) in [7, 11) is -3.83. The van der Waals surface area contributed by atoms with E-state index in [0.717, 1.165) is 0 Å². The molecule has 1 aliphatic heterocycles. The van der Waals surface area contributed by atoms with Crippen LogP contribution in [-0.2, 0) is 30.9 Å². The lowest BCUT2D eigenvalue weighted by Crippen LogP contribution is -2.59. The van der Waals surface area contributed by atoms with E-state index < -0.39 is 34.0 Å². The molecule has 35 heavy (non-hydrogen) atoms. The molecular weight excluding hydrogens is 474 g/mol. The zero-order chi connectivity index (χ0) is 25.2. The van der Waals surface area contributed by atoms with Gasteiger partial charge in [-0.15, -0.1) is 0 Å². The zero-order valence-corrected chi connectivity index (χ0v) is 19.8. The summed E-state index contributed by atoms with van der Waals surface area (Å²) in [6.45, 7) is 2.57. The fourth-order valence-corrected chi connectivity index (χ4v) is 4.60. The number of anilines is 2. The van der Waals surface area contributed by atoms with Gasteiger partial charge in [-0.05, 0) is 62.4 Å². The molecule has 3 aromatic rings. The van der Waals surface area contributed by atoms with Crippen LogP contribution in [0.1, 0.15) is 30.0 Å². The van der Waals surface area contributed by atoms with E-state index in [1.54, 1.807) is 50.2 Å². The van der Waals surface area contributed by atoms with Gasteiger partial charge in [0.15, 0.2) is 6.61 Å². The Labute approximate surface area is 201 Å². The Kier molecular flexibility index (Phi) is 6.46. The predicted octanol–water partition coefficient (Wildman–Crippen LogP) is 2.68. The Balaban J connectivity index is 1.41. The number of nitrogens with one attached hydrogen (secondary N) is 2. The average Bonchev–Trinajstić information content (AvgIpc) is 3.36. The number of furan rings is 1. The van der Waals surface area contributed by atoms with Crippen LogP contribution in [0.3, 0.4) is 0 Å². The van der Waals surface area contributed by atoms with E-state index >= 15 is 0 Å². The van der Waals surface area contributed by atoms with Gasteiger partial charge in [-0.1, -0.05) is 12.1 Å². The van der Waals surface area contributed by atoms with Gasteiger partial charge in [-0.2, -0.15) is 0 Å². The summed E-state index contributed by atoms with van der Waals surface area (Å²) in [5.74, 6) is -1.30. The van der Waals surface area contributed by atoms with Gasteiger partial charge in [0.1, 0.15) is 11.3 Å². The average molecular weight is 498 g/mol. The number of para-hydroxylation sites is 2. The second kappa shape index (κ2) is 9.35. The molecule has 0 unspecified atom stereocenters. The standard InChI is InChI=1S/C24H23N3O7S/c1-24(2)23(30)26-19-7-3-4-8-20(19)27(24)21(28)15-34-22(29)16-9-11-18(12-10-16)35(31,32)25-14-17-6-5-13-33-17/h3-13,25H,14-15H2,1-2H3,(H,26,30). The number of carbonyl (C=O) groups excluding carboxylic acids is 3. The molecule has 0 saturated heterocycles. The number of rotatable bonds is 7. The number of esters is 1. The van der Waals surface area contributed by atoms with Crippen LogP contribution >= 0.6 is 0 Å². The number of sulfonamides is 1. The van der Waals surface area contributed by atoms with Crippen molar-refractivity contribution in [2.45, 2.75) is 30.8 Å². The van der Waals surface area contributed by atoms with E-state index in [-0.39, 0.29) is 22.9 Å². The maximum absolute atomic E-state index is 13.0. The fourth-order valence-electron chi connectivity index (χ4n) is 3.61. The molecule has 1 aliphatic rings. The van der Waals surface area contributed by atoms with Crippen molar-refractivity contribution in [2.75, 3.05) is 16.8 Å². The molecule has 2 amide bonds. The number of nitrogens with zero attached hydrogens (tertiary/aromatic N) is 1. The van der Waals surface area contributed by atoms with Crippen LogP contribution in [-0.4, -0.2) is 38.3 Å². The van der Waals surface area contributed by atoms with Crippen molar-refractivity contribution in [2.24, 2.45) is 0 Å². The van der Waals surface area contributed by atoms with E-state index in [4.69, 9.17) is 9.15 Å². The SMILES string of the molecule is CC1(C)C(=O)Nc2ccccc2N1C(=O)COC(=O)c1ccc(S(=O)(=O)NCc2ccco2)cc1. The van der Waals surface area contributed by atoms with Crippen LogP contribution in [0.5, 0.6) is 0 Å². The van der Waals surface area contributed by atoms with Gasteiger partial charge in [0.05, 0.1) is 34.6 Å². The lowest BCUT2D eigenvalue weighted by molar-refractivity contribution is -0.128. The molecule has 0 spiro atoms. The quantitative estimate of drug-likeness (QED) is 0.479. The molecule has 0 fully saturated rings. The Bertz CT molecular complexity index is 1360. The summed E-state index contributed by atoms with van der Waals surface area (Å²) in [6, 6.07) is 15.2. The summed E-state index contributed by atoms with van der Waals surface area (Å²) in [4.78, 5) is 39.2.